The van der Waals surface area contributed by atoms with Crippen LogP contribution in [0.15, 0.2) is 20.0 Å². The van der Waals surface area contributed by atoms with E-state index in [4.69, 9.17) is 18.3 Å². The second-order valence-corrected chi connectivity index (χ2v) is 9.58. The summed E-state index contributed by atoms with van der Waals surface area (Å²) in [4.78, 5) is 37.4. The van der Waals surface area contributed by atoms with Crippen molar-refractivity contribution >= 4 is 45.9 Å². The molecule has 3 aromatic rings. The molecule has 3 aromatic heterocycles. The highest BCUT2D eigenvalue weighted by atomic mass is 127. The standard InChI is InChI=1S/C21H29FIN7O6/c1-13-14(36-20(32)35-13)10-28(4)8-9-30(23)19(31)34-11-21(2,33-5)6-7-29-12-25-15-16(24-3)26-18(22)27-17(15)29/h12H,6-11H2,1-5H3,(H,24,26,27)/t21-/m0/s1. The molecule has 0 bridgehead atoms. The van der Waals surface area contributed by atoms with Gasteiger partial charge in [0, 0.05) is 33.8 Å². The Labute approximate surface area is 220 Å². The number of rotatable bonds is 12. The minimum absolute atomic E-state index is 0.00872. The smallest absolute Gasteiger partial charge is 0.446 e. The van der Waals surface area contributed by atoms with E-state index in [-0.39, 0.29) is 6.61 Å². The highest BCUT2D eigenvalue weighted by Crippen LogP contribution is 2.22. The number of likely N-dealkylation sites (N-methyl/N-ethyl adjacent to an activating group) is 1. The molecule has 0 aliphatic heterocycles. The summed E-state index contributed by atoms with van der Waals surface area (Å²) in [5, 5.41) is 2.80. The summed E-state index contributed by atoms with van der Waals surface area (Å²) in [6.07, 6.45) is 0.636. The molecule has 0 spiro atoms. The number of hydrogen-bond donors (Lipinski definition) is 1. The van der Waals surface area contributed by atoms with E-state index in [1.54, 1.807) is 24.9 Å². The second-order valence-electron chi connectivity index (χ2n) is 8.42. The van der Waals surface area contributed by atoms with Gasteiger partial charge in [0.2, 0.25) is 0 Å². The SMILES string of the molecule is CNc1nc(F)nc2c1ncn2CC[C@@](C)(COC(=O)N(I)CCN(C)Cc1oc(=O)oc1C)OC. The Hall–Kier alpha value is -2.79. The molecule has 0 unspecified atom stereocenters. The monoisotopic (exact) mass is 621 g/mol. The van der Waals surface area contributed by atoms with Crippen molar-refractivity contribution in [3.05, 3.63) is 34.5 Å². The number of hydrogen-bond acceptors (Lipinski definition) is 11. The van der Waals surface area contributed by atoms with Gasteiger partial charge in [0.25, 0.3) is 0 Å². The fourth-order valence-corrected chi connectivity index (χ4v) is 3.68. The van der Waals surface area contributed by atoms with Crippen molar-refractivity contribution in [1.82, 2.24) is 27.5 Å². The lowest BCUT2D eigenvalue weighted by Gasteiger charge is -2.28. The summed E-state index contributed by atoms with van der Waals surface area (Å²) in [6, 6.07) is 0. The number of carbonyl (C=O) groups is 1. The minimum atomic E-state index is -0.853. The molecule has 0 aromatic carbocycles. The van der Waals surface area contributed by atoms with Crippen molar-refractivity contribution in [2.45, 2.75) is 39.0 Å². The van der Waals surface area contributed by atoms with Gasteiger partial charge in [0.05, 0.1) is 35.7 Å². The van der Waals surface area contributed by atoms with E-state index in [1.807, 2.05) is 41.7 Å². The van der Waals surface area contributed by atoms with Crippen LogP contribution in [-0.4, -0.2) is 80.1 Å². The number of halogens is 2. The fourth-order valence-electron chi connectivity index (χ4n) is 3.32. The predicted molar refractivity (Wildman–Crippen MR) is 135 cm³/mol. The van der Waals surface area contributed by atoms with Gasteiger partial charge in [0.15, 0.2) is 22.7 Å². The summed E-state index contributed by atoms with van der Waals surface area (Å²) in [7, 11) is 5.00. The fraction of sp³-hybridized carbons (Fsp3) is 0.571. The molecule has 1 atom stereocenters. The van der Waals surface area contributed by atoms with E-state index in [9.17, 15) is 14.0 Å². The van der Waals surface area contributed by atoms with Gasteiger partial charge < -0.3 is 28.2 Å². The zero-order valence-corrected chi connectivity index (χ0v) is 22.9. The second kappa shape index (κ2) is 12.0. The van der Waals surface area contributed by atoms with Crippen LogP contribution in [0.3, 0.4) is 0 Å². The van der Waals surface area contributed by atoms with Crippen molar-refractivity contribution in [3.8, 4) is 0 Å². The molecule has 3 rings (SSSR count). The molecule has 15 heteroatoms. The third-order valence-corrected chi connectivity index (χ3v) is 6.55. The van der Waals surface area contributed by atoms with E-state index in [1.165, 1.54) is 10.2 Å². The quantitative estimate of drug-likeness (QED) is 0.181. The van der Waals surface area contributed by atoms with Crippen LogP contribution in [-0.2, 0) is 22.6 Å². The topological polar surface area (TPSA) is 141 Å². The van der Waals surface area contributed by atoms with Crippen molar-refractivity contribution < 1.29 is 27.5 Å². The number of nitrogens with zero attached hydrogens (tertiary/aromatic N) is 6. The van der Waals surface area contributed by atoms with Crippen LogP contribution in [0.25, 0.3) is 11.2 Å². The molecule has 36 heavy (non-hydrogen) atoms. The Morgan fingerprint density at radius 1 is 1.33 bits per heavy atom. The van der Waals surface area contributed by atoms with Crippen LogP contribution in [0, 0.1) is 13.0 Å². The highest BCUT2D eigenvalue weighted by molar-refractivity contribution is 14.1. The third kappa shape index (κ3) is 6.91. The lowest BCUT2D eigenvalue weighted by atomic mass is 10.0. The Morgan fingerprint density at radius 2 is 2.08 bits per heavy atom. The van der Waals surface area contributed by atoms with Crippen LogP contribution >= 0.6 is 22.9 Å². The molecule has 3 heterocycles. The van der Waals surface area contributed by atoms with Gasteiger partial charge in [-0.2, -0.15) is 14.4 Å². The normalized spacial score (nSPS) is 13.2. The van der Waals surface area contributed by atoms with Gasteiger partial charge in [-0.15, -0.1) is 0 Å². The number of ether oxygens (including phenoxy) is 2. The Balaban J connectivity index is 1.50. The van der Waals surface area contributed by atoms with E-state index in [0.29, 0.717) is 61.1 Å². The number of amides is 1. The van der Waals surface area contributed by atoms with Crippen LogP contribution in [0.2, 0.25) is 0 Å². The number of imidazole rings is 1. The molecule has 13 nitrogen and oxygen atoms in total. The number of anilines is 1. The molecule has 0 aliphatic rings. The van der Waals surface area contributed by atoms with Crippen LogP contribution in [0.4, 0.5) is 15.0 Å². The summed E-state index contributed by atoms with van der Waals surface area (Å²) >= 11 is 1.89. The van der Waals surface area contributed by atoms with Crippen molar-refractivity contribution in [2.24, 2.45) is 0 Å². The lowest BCUT2D eigenvalue weighted by molar-refractivity contribution is -0.0520. The third-order valence-electron chi connectivity index (χ3n) is 5.67. The molecule has 0 saturated heterocycles. The van der Waals surface area contributed by atoms with Crippen molar-refractivity contribution in [2.75, 3.05) is 46.2 Å². The molecular formula is C21H29FIN7O6. The number of aromatic nitrogens is 4. The minimum Gasteiger partial charge on any atom is -0.446 e. The lowest BCUT2D eigenvalue weighted by Crippen LogP contribution is -2.38. The average molecular weight is 621 g/mol. The van der Waals surface area contributed by atoms with Gasteiger partial charge >= 0.3 is 18.0 Å². The maximum absolute atomic E-state index is 13.8. The van der Waals surface area contributed by atoms with Gasteiger partial charge in [-0.3, -0.25) is 4.90 Å². The number of aryl methyl sites for hydroxylation is 2. The summed E-state index contributed by atoms with van der Waals surface area (Å²) < 4.78 is 37.9. The van der Waals surface area contributed by atoms with Crippen molar-refractivity contribution in [3.63, 3.8) is 0 Å². The molecule has 1 amide bonds. The molecule has 0 fully saturated rings. The van der Waals surface area contributed by atoms with E-state index >= 15 is 0 Å². The largest absolute Gasteiger partial charge is 0.519 e. The number of nitrogens with one attached hydrogen (secondary N) is 1. The first-order chi connectivity index (χ1) is 17.0. The summed E-state index contributed by atoms with van der Waals surface area (Å²) in [6.45, 7) is 5.14. The van der Waals surface area contributed by atoms with Gasteiger partial charge in [-0.1, -0.05) is 0 Å². The first-order valence-electron chi connectivity index (χ1n) is 11.0. The first kappa shape index (κ1) is 27.8. The Kier molecular flexibility index (Phi) is 9.24. The maximum atomic E-state index is 13.8. The Bertz CT molecular complexity index is 1250. The average Bonchev–Trinajstić information content (AvgIpc) is 3.40. The van der Waals surface area contributed by atoms with Gasteiger partial charge in [-0.05, 0) is 27.3 Å². The molecule has 0 aliphatic carbocycles. The van der Waals surface area contributed by atoms with Gasteiger partial charge in [-0.25, -0.2) is 17.7 Å². The number of methoxy groups -OCH3 is 1. The predicted octanol–water partition coefficient (Wildman–Crippen LogP) is 2.58. The molecule has 1 N–H and O–H groups in total. The van der Waals surface area contributed by atoms with Gasteiger partial charge in [0.1, 0.15) is 18.0 Å². The molecule has 198 valence electrons. The Morgan fingerprint density at radius 3 is 2.72 bits per heavy atom. The van der Waals surface area contributed by atoms with E-state index in [2.05, 4.69) is 20.3 Å². The summed E-state index contributed by atoms with van der Waals surface area (Å²) in [5.41, 5.74) is 0.0173. The zero-order valence-electron chi connectivity index (χ0n) is 20.7. The van der Waals surface area contributed by atoms with E-state index < -0.39 is 23.6 Å². The van der Waals surface area contributed by atoms with Crippen LogP contribution in [0.1, 0.15) is 24.9 Å². The summed E-state index contributed by atoms with van der Waals surface area (Å²) in [5.74, 6) is 0.445. The number of carbonyl (C=O) groups excluding carboxylic acids is 1. The van der Waals surface area contributed by atoms with Crippen molar-refractivity contribution in [1.29, 1.82) is 0 Å². The first-order valence-corrected chi connectivity index (χ1v) is 12.0. The molecule has 0 saturated carbocycles. The maximum Gasteiger partial charge on any atom is 0.519 e. The highest BCUT2D eigenvalue weighted by Gasteiger charge is 2.28. The zero-order chi connectivity index (χ0) is 26.5. The van der Waals surface area contributed by atoms with E-state index in [0.717, 1.165) is 0 Å². The van der Waals surface area contributed by atoms with Crippen LogP contribution < -0.4 is 11.1 Å². The number of fused-ring (bicyclic) bond motifs is 1. The van der Waals surface area contributed by atoms with Crippen LogP contribution in [0.5, 0.6) is 0 Å². The molecule has 0 radical (unpaired) electrons. The molecular weight excluding hydrogens is 592 g/mol.